The Morgan fingerprint density at radius 2 is 2.20 bits per heavy atom. The van der Waals surface area contributed by atoms with Crippen LogP contribution in [0.3, 0.4) is 0 Å². The summed E-state index contributed by atoms with van der Waals surface area (Å²) >= 11 is 0. The number of allylic oxidation sites excluding steroid dienone is 2. The van der Waals surface area contributed by atoms with Gasteiger partial charge in [0.25, 0.3) is 0 Å². The highest BCUT2D eigenvalue weighted by Crippen LogP contribution is 2.03. The zero-order valence-electron chi connectivity index (χ0n) is 6.56. The normalized spacial score (nSPS) is 11.2. The lowest BCUT2D eigenvalue weighted by Crippen LogP contribution is -2.00. The molecule has 2 N–H and O–H groups in total. The van der Waals surface area contributed by atoms with Crippen molar-refractivity contribution in [1.82, 2.24) is 0 Å². The molecule has 0 saturated heterocycles. The van der Waals surface area contributed by atoms with Crippen molar-refractivity contribution in [2.75, 3.05) is 6.54 Å². The van der Waals surface area contributed by atoms with Crippen LogP contribution in [0.25, 0.3) is 0 Å². The van der Waals surface area contributed by atoms with Crippen LogP contribution >= 0.6 is 0 Å². The van der Waals surface area contributed by atoms with Gasteiger partial charge in [0.15, 0.2) is 0 Å². The summed E-state index contributed by atoms with van der Waals surface area (Å²) in [6.45, 7) is 10.1. The maximum atomic E-state index is 5.41. The van der Waals surface area contributed by atoms with E-state index in [2.05, 4.69) is 20.1 Å². The fourth-order valence-corrected chi connectivity index (χ4v) is 0.565. The van der Waals surface area contributed by atoms with Crippen molar-refractivity contribution in [3.63, 3.8) is 0 Å². The molecule has 10 heavy (non-hydrogen) atoms. The zero-order chi connectivity index (χ0) is 7.98. The standard InChI is InChI=1S/C9H15N/c1-4-8(3)6-9(5-2)7-10/h5-6H,2-4,7,10H2,1H3. The summed E-state index contributed by atoms with van der Waals surface area (Å²) in [7, 11) is 0. The molecule has 0 aliphatic carbocycles. The van der Waals surface area contributed by atoms with Gasteiger partial charge in [0.2, 0.25) is 0 Å². The molecular formula is C9H15N. The predicted molar refractivity (Wildman–Crippen MR) is 46.8 cm³/mol. The minimum absolute atomic E-state index is 0.544. The molecule has 0 atom stereocenters. The Kier molecular flexibility index (Phi) is 4.59. The van der Waals surface area contributed by atoms with E-state index in [1.54, 1.807) is 6.08 Å². The van der Waals surface area contributed by atoms with Gasteiger partial charge in [0, 0.05) is 6.54 Å². The van der Waals surface area contributed by atoms with Crippen molar-refractivity contribution in [3.8, 4) is 0 Å². The first kappa shape index (κ1) is 9.18. The van der Waals surface area contributed by atoms with Gasteiger partial charge in [0.05, 0.1) is 0 Å². The number of hydrogen-bond acceptors (Lipinski definition) is 1. The quantitative estimate of drug-likeness (QED) is 0.589. The summed E-state index contributed by atoms with van der Waals surface area (Å²) in [5.74, 6) is 0. The average molecular weight is 137 g/mol. The number of nitrogens with two attached hydrogens (primary N) is 1. The third kappa shape index (κ3) is 3.25. The molecule has 0 aromatic carbocycles. The molecule has 0 aliphatic heterocycles. The van der Waals surface area contributed by atoms with Crippen molar-refractivity contribution >= 4 is 0 Å². The Morgan fingerprint density at radius 1 is 1.60 bits per heavy atom. The third-order valence-corrected chi connectivity index (χ3v) is 1.34. The van der Waals surface area contributed by atoms with Crippen molar-refractivity contribution < 1.29 is 0 Å². The average Bonchev–Trinajstić information content (AvgIpc) is 1.99. The van der Waals surface area contributed by atoms with E-state index in [1.165, 1.54) is 0 Å². The number of hydrogen-bond donors (Lipinski definition) is 1. The highest BCUT2D eigenvalue weighted by atomic mass is 14.5. The first-order chi connectivity index (χ1) is 4.74. The van der Waals surface area contributed by atoms with Crippen LogP contribution in [0.1, 0.15) is 13.3 Å². The predicted octanol–water partition coefficient (Wildman–Crippen LogP) is 2.02. The van der Waals surface area contributed by atoms with Gasteiger partial charge >= 0.3 is 0 Å². The van der Waals surface area contributed by atoms with Gasteiger partial charge in [-0.05, 0) is 12.0 Å². The minimum atomic E-state index is 0.544. The van der Waals surface area contributed by atoms with Gasteiger partial charge in [-0.25, -0.2) is 0 Å². The van der Waals surface area contributed by atoms with Crippen molar-refractivity contribution in [2.45, 2.75) is 13.3 Å². The van der Waals surface area contributed by atoms with Crippen LogP contribution in [0.5, 0.6) is 0 Å². The fourth-order valence-electron chi connectivity index (χ4n) is 0.565. The summed E-state index contributed by atoms with van der Waals surface area (Å²) in [6, 6.07) is 0. The van der Waals surface area contributed by atoms with Gasteiger partial charge in [-0.3, -0.25) is 0 Å². The van der Waals surface area contributed by atoms with Crippen LogP contribution < -0.4 is 5.73 Å². The molecule has 0 heterocycles. The van der Waals surface area contributed by atoms with E-state index < -0.39 is 0 Å². The Labute approximate surface area is 62.9 Å². The van der Waals surface area contributed by atoms with E-state index in [0.29, 0.717) is 6.54 Å². The summed E-state index contributed by atoms with van der Waals surface area (Å²) in [5, 5.41) is 0. The van der Waals surface area contributed by atoms with E-state index in [1.807, 2.05) is 6.08 Å². The molecule has 0 unspecified atom stereocenters. The SMILES string of the molecule is C=CC(=CC(=C)CC)CN. The number of rotatable bonds is 4. The molecular weight excluding hydrogens is 122 g/mol. The summed E-state index contributed by atoms with van der Waals surface area (Å²) in [4.78, 5) is 0. The van der Waals surface area contributed by atoms with Crippen LogP contribution in [0.2, 0.25) is 0 Å². The molecule has 0 fully saturated rings. The molecule has 1 heteroatoms. The molecule has 0 amide bonds. The zero-order valence-corrected chi connectivity index (χ0v) is 6.56. The Morgan fingerprint density at radius 3 is 2.50 bits per heavy atom. The second-order valence-electron chi connectivity index (χ2n) is 2.14. The lowest BCUT2D eigenvalue weighted by Gasteiger charge is -1.97. The van der Waals surface area contributed by atoms with Crippen molar-refractivity contribution in [1.29, 1.82) is 0 Å². The maximum Gasteiger partial charge on any atom is 0.0177 e. The van der Waals surface area contributed by atoms with Crippen LogP contribution in [-0.2, 0) is 0 Å². The van der Waals surface area contributed by atoms with Crippen LogP contribution in [-0.4, -0.2) is 6.54 Å². The van der Waals surface area contributed by atoms with E-state index in [0.717, 1.165) is 17.6 Å². The van der Waals surface area contributed by atoms with E-state index in [-0.39, 0.29) is 0 Å². The van der Waals surface area contributed by atoms with Gasteiger partial charge in [0.1, 0.15) is 0 Å². The first-order valence-electron chi connectivity index (χ1n) is 3.45. The van der Waals surface area contributed by atoms with Gasteiger partial charge < -0.3 is 5.73 Å². The molecule has 0 rings (SSSR count). The van der Waals surface area contributed by atoms with Gasteiger partial charge in [-0.15, -0.1) is 0 Å². The van der Waals surface area contributed by atoms with Crippen molar-refractivity contribution in [2.24, 2.45) is 5.73 Å². The Balaban J connectivity index is 4.09. The molecule has 56 valence electrons. The van der Waals surface area contributed by atoms with Gasteiger partial charge in [-0.2, -0.15) is 0 Å². The van der Waals surface area contributed by atoms with E-state index in [9.17, 15) is 0 Å². The Bertz CT molecular complexity index is 154. The molecule has 0 spiro atoms. The topological polar surface area (TPSA) is 26.0 Å². The molecule has 0 aromatic heterocycles. The Hall–Kier alpha value is -0.820. The van der Waals surface area contributed by atoms with E-state index in [4.69, 9.17) is 5.73 Å². The molecule has 0 aliphatic rings. The maximum absolute atomic E-state index is 5.41. The van der Waals surface area contributed by atoms with Gasteiger partial charge in [-0.1, -0.05) is 37.8 Å². The molecule has 0 bridgehead atoms. The second-order valence-corrected chi connectivity index (χ2v) is 2.14. The minimum Gasteiger partial charge on any atom is -0.326 e. The largest absolute Gasteiger partial charge is 0.326 e. The third-order valence-electron chi connectivity index (χ3n) is 1.34. The van der Waals surface area contributed by atoms with Crippen molar-refractivity contribution in [3.05, 3.63) is 36.5 Å². The lowest BCUT2D eigenvalue weighted by atomic mass is 10.1. The first-order valence-corrected chi connectivity index (χ1v) is 3.45. The molecule has 0 radical (unpaired) electrons. The second kappa shape index (κ2) is 5.00. The van der Waals surface area contributed by atoms with Crippen LogP contribution in [0.4, 0.5) is 0 Å². The molecule has 0 aromatic rings. The van der Waals surface area contributed by atoms with Crippen LogP contribution in [0, 0.1) is 0 Å². The smallest absolute Gasteiger partial charge is 0.0177 e. The highest BCUT2D eigenvalue weighted by Gasteiger charge is 1.87. The van der Waals surface area contributed by atoms with Crippen LogP contribution in [0.15, 0.2) is 36.5 Å². The summed E-state index contributed by atoms with van der Waals surface area (Å²) in [5.41, 5.74) is 7.55. The summed E-state index contributed by atoms with van der Waals surface area (Å²) < 4.78 is 0. The fraction of sp³-hybridized carbons (Fsp3) is 0.333. The molecule has 0 saturated carbocycles. The molecule has 1 nitrogen and oxygen atoms in total. The van der Waals surface area contributed by atoms with E-state index >= 15 is 0 Å². The highest BCUT2D eigenvalue weighted by molar-refractivity contribution is 5.27. The lowest BCUT2D eigenvalue weighted by molar-refractivity contribution is 1.13. The summed E-state index contributed by atoms with van der Waals surface area (Å²) in [6.07, 6.45) is 4.71. The monoisotopic (exact) mass is 137 g/mol.